The fourth-order valence-electron chi connectivity index (χ4n) is 2.66. The number of alkyl halides is 3. The third kappa shape index (κ3) is 3.37. The van der Waals surface area contributed by atoms with Gasteiger partial charge in [-0.05, 0) is 23.6 Å². The van der Waals surface area contributed by atoms with E-state index in [0.29, 0.717) is 11.8 Å². The molecule has 0 amide bonds. The number of thiophene rings is 1. The number of nitrogens with zero attached hydrogens (tertiary/aromatic N) is 2. The van der Waals surface area contributed by atoms with Crippen LogP contribution in [0.2, 0.25) is 0 Å². The van der Waals surface area contributed by atoms with Gasteiger partial charge in [-0.2, -0.15) is 13.2 Å². The third-order valence-corrected chi connectivity index (χ3v) is 4.70. The standard InChI is InChI=1S/C15H20F3N2S/c1-10(2)9-11(3)14-12(6-8-21-14)20(4)7-5-13(19-20)15(16,17)18/h5-8,10-11H,9H2,1-4H3/q+1. The average Bonchev–Trinajstić information content (AvgIpc) is 2.93. The molecule has 0 aliphatic carbocycles. The minimum Gasteiger partial charge on any atom is -0.164 e. The second-order valence-electron chi connectivity index (χ2n) is 6.03. The average molecular weight is 317 g/mol. The molecule has 0 saturated carbocycles. The Kier molecular flexibility index (Phi) is 4.31. The van der Waals surface area contributed by atoms with Crippen molar-refractivity contribution in [1.29, 1.82) is 0 Å². The number of hydrogen-bond donors (Lipinski definition) is 0. The molecule has 2 unspecified atom stereocenters. The van der Waals surface area contributed by atoms with Crippen molar-refractivity contribution in [1.82, 2.24) is 4.59 Å². The van der Waals surface area contributed by atoms with Crippen LogP contribution in [0.5, 0.6) is 0 Å². The second-order valence-corrected chi connectivity index (χ2v) is 6.97. The Balaban J connectivity index is 2.34. The van der Waals surface area contributed by atoms with Crippen LogP contribution in [0.4, 0.5) is 18.9 Å². The van der Waals surface area contributed by atoms with E-state index in [9.17, 15) is 13.2 Å². The van der Waals surface area contributed by atoms with E-state index in [2.05, 4.69) is 25.9 Å². The van der Waals surface area contributed by atoms with Crippen LogP contribution in [-0.2, 0) is 0 Å². The Morgan fingerprint density at radius 3 is 2.48 bits per heavy atom. The van der Waals surface area contributed by atoms with Gasteiger partial charge in [0.2, 0.25) is 5.71 Å². The van der Waals surface area contributed by atoms with E-state index in [1.54, 1.807) is 18.4 Å². The molecule has 2 atom stereocenters. The van der Waals surface area contributed by atoms with Crippen molar-refractivity contribution in [2.45, 2.75) is 39.3 Å². The lowest BCUT2D eigenvalue weighted by molar-refractivity contribution is -0.0581. The van der Waals surface area contributed by atoms with Gasteiger partial charge >= 0.3 is 6.18 Å². The van der Waals surface area contributed by atoms with E-state index < -0.39 is 11.9 Å². The fourth-order valence-corrected chi connectivity index (χ4v) is 3.71. The molecule has 1 aromatic heterocycles. The van der Waals surface area contributed by atoms with Gasteiger partial charge in [-0.15, -0.1) is 15.9 Å². The minimum atomic E-state index is -4.40. The Morgan fingerprint density at radius 1 is 1.29 bits per heavy atom. The topological polar surface area (TPSA) is 12.4 Å². The van der Waals surface area contributed by atoms with Gasteiger partial charge in [0.25, 0.3) is 0 Å². The number of rotatable bonds is 4. The molecular weight excluding hydrogens is 297 g/mol. The molecule has 0 fully saturated rings. The van der Waals surface area contributed by atoms with Crippen LogP contribution in [-0.4, -0.2) is 18.9 Å². The van der Waals surface area contributed by atoms with Crippen LogP contribution in [0.3, 0.4) is 0 Å². The number of allylic oxidation sites excluding steroid dienone is 1. The molecule has 0 saturated heterocycles. The highest BCUT2D eigenvalue weighted by Crippen LogP contribution is 2.41. The highest BCUT2D eigenvalue weighted by molar-refractivity contribution is 7.10. The van der Waals surface area contributed by atoms with Gasteiger partial charge in [0, 0.05) is 12.1 Å². The summed E-state index contributed by atoms with van der Waals surface area (Å²) in [6.45, 7) is 6.42. The summed E-state index contributed by atoms with van der Waals surface area (Å²) < 4.78 is 38.2. The molecule has 0 aromatic carbocycles. The van der Waals surface area contributed by atoms with E-state index in [-0.39, 0.29) is 4.59 Å². The summed E-state index contributed by atoms with van der Waals surface area (Å²) >= 11 is 1.59. The largest absolute Gasteiger partial charge is 0.438 e. The monoisotopic (exact) mass is 317 g/mol. The van der Waals surface area contributed by atoms with Crippen molar-refractivity contribution in [2.24, 2.45) is 11.0 Å². The summed E-state index contributed by atoms with van der Waals surface area (Å²) in [4.78, 5) is 1.11. The maximum atomic E-state index is 12.8. The number of hydrogen-bond acceptors (Lipinski definition) is 2. The Hall–Kier alpha value is -1.14. The van der Waals surface area contributed by atoms with Gasteiger partial charge in [-0.3, -0.25) is 0 Å². The molecule has 0 spiro atoms. The highest BCUT2D eigenvalue weighted by Gasteiger charge is 2.43. The van der Waals surface area contributed by atoms with Gasteiger partial charge in [0.1, 0.15) is 13.2 Å². The first-order chi connectivity index (χ1) is 9.63. The van der Waals surface area contributed by atoms with Crippen LogP contribution < -0.4 is 4.59 Å². The van der Waals surface area contributed by atoms with Crippen LogP contribution >= 0.6 is 11.3 Å². The quantitative estimate of drug-likeness (QED) is 0.670. The normalized spacial score (nSPS) is 23.7. The molecule has 0 bridgehead atoms. The van der Waals surface area contributed by atoms with Crippen LogP contribution in [0, 0.1) is 5.92 Å². The Morgan fingerprint density at radius 2 is 1.95 bits per heavy atom. The summed E-state index contributed by atoms with van der Waals surface area (Å²) in [6, 6.07) is 1.88. The van der Waals surface area contributed by atoms with Crippen molar-refractivity contribution in [3.63, 3.8) is 0 Å². The molecule has 1 aromatic rings. The molecule has 6 heteroatoms. The van der Waals surface area contributed by atoms with Gasteiger partial charge in [0.15, 0.2) is 5.69 Å². The molecule has 0 N–H and O–H groups in total. The Labute approximate surface area is 127 Å². The van der Waals surface area contributed by atoms with Crippen LogP contribution in [0.1, 0.15) is 38.0 Å². The lowest BCUT2D eigenvalue weighted by Gasteiger charge is -2.23. The first-order valence-electron chi connectivity index (χ1n) is 6.94. The fraction of sp³-hybridized carbons (Fsp3) is 0.533. The lowest BCUT2D eigenvalue weighted by atomic mass is 9.96. The highest BCUT2D eigenvalue weighted by atomic mass is 32.1. The molecule has 21 heavy (non-hydrogen) atoms. The summed E-state index contributed by atoms with van der Waals surface area (Å²) in [5.41, 5.74) is 0.0160. The smallest absolute Gasteiger partial charge is 0.164 e. The molecule has 0 radical (unpaired) electrons. The van der Waals surface area contributed by atoms with Gasteiger partial charge in [0.05, 0.1) is 4.88 Å². The van der Waals surface area contributed by atoms with Gasteiger partial charge in [-0.1, -0.05) is 25.9 Å². The molecule has 2 heterocycles. The molecule has 1 aliphatic heterocycles. The van der Waals surface area contributed by atoms with Crippen molar-refractivity contribution in [2.75, 3.05) is 7.05 Å². The minimum absolute atomic E-state index is 0.157. The molecule has 2 rings (SSSR count). The second kappa shape index (κ2) is 5.57. The third-order valence-electron chi connectivity index (χ3n) is 3.56. The SMILES string of the molecule is CC(C)CC(C)c1sccc1[N+]1(C)C=CC(C(F)(F)F)=N1. The molecule has 1 aliphatic rings. The zero-order valence-electron chi connectivity index (χ0n) is 12.6. The van der Waals surface area contributed by atoms with Crippen molar-refractivity contribution in [3.8, 4) is 0 Å². The first-order valence-corrected chi connectivity index (χ1v) is 7.82. The summed E-state index contributed by atoms with van der Waals surface area (Å²) in [5, 5.41) is 5.81. The Bertz CT molecular complexity index is 572. The zero-order chi connectivity index (χ0) is 15.8. The van der Waals surface area contributed by atoms with Crippen molar-refractivity contribution < 1.29 is 13.2 Å². The number of quaternary nitrogens is 1. The first kappa shape index (κ1) is 16.2. The summed E-state index contributed by atoms with van der Waals surface area (Å²) in [5.74, 6) is 0.858. The van der Waals surface area contributed by atoms with Crippen LogP contribution in [0.25, 0.3) is 0 Å². The van der Waals surface area contributed by atoms with E-state index in [1.807, 2.05) is 11.4 Å². The van der Waals surface area contributed by atoms with E-state index in [0.717, 1.165) is 23.1 Å². The van der Waals surface area contributed by atoms with Gasteiger partial charge in [-0.25, -0.2) is 0 Å². The lowest BCUT2D eigenvalue weighted by Crippen LogP contribution is -2.32. The molecule has 2 nitrogen and oxygen atoms in total. The van der Waals surface area contributed by atoms with E-state index in [4.69, 9.17) is 0 Å². The van der Waals surface area contributed by atoms with Crippen molar-refractivity contribution in [3.05, 3.63) is 28.6 Å². The van der Waals surface area contributed by atoms with Crippen LogP contribution in [0.15, 0.2) is 28.8 Å². The van der Waals surface area contributed by atoms with Crippen molar-refractivity contribution >= 4 is 22.7 Å². The van der Waals surface area contributed by atoms with Gasteiger partial charge < -0.3 is 0 Å². The van der Waals surface area contributed by atoms with E-state index in [1.165, 1.54) is 6.20 Å². The number of halogens is 3. The maximum Gasteiger partial charge on any atom is 0.438 e. The predicted octanol–water partition coefficient (Wildman–Crippen LogP) is 5.28. The predicted molar refractivity (Wildman–Crippen MR) is 82.5 cm³/mol. The summed E-state index contributed by atoms with van der Waals surface area (Å²) in [7, 11) is 1.68. The molecular formula is C15H20F3N2S+. The molecule has 116 valence electrons. The summed E-state index contributed by atoms with van der Waals surface area (Å²) in [6.07, 6.45) is -0.829. The van der Waals surface area contributed by atoms with E-state index >= 15 is 0 Å². The maximum absolute atomic E-state index is 12.8. The zero-order valence-corrected chi connectivity index (χ0v) is 13.4.